The normalized spacial score (nSPS) is 17.7. The first kappa shape index (κ1) is 14.4. The highest BCUT2D eigenvalue weighted by Crippen LogP contribution is 2.23. The van der Waals surface area contributed by atoms with Crippen molar-refractivity contribution in [3.8, 4) is 0 Å². The molecule has 0 aliphatic carbocycles. The Morgan fingerprint density at radius 2 is 1.94 bits per heavy atom. The first-order valence-electron chi connectivity index (χ1n) is 5.44. The van der Waals surface area contributed by atoms with Crippen molar-refractivity contribution in [2.24, 2.45) is 0 Å². The number of hydrogen-bond acceptors (Lipinski definition) is 5. The van der Waals surface area contributed by atoms with E-state index in [1.807, 2.05) is 0 Å². The molecule has 1 aliphatic heterocycles. The van der Waals surface area contributed by atoms with Gasteiger partial charge in [0.05, 0.1) is 12.1 Å². The molecule has 0 saturated carbocycles. The van der Waals surface area contributed by atoms with E-state index < -0.39 is 11.6 Å². The van der Waals surface area contributed by atoms with E-state index in [0.717, 1.165) is 0 Å². The van der Waals surface area contributed by atoms with Crippen molar-refractivity contribution in [3.63, 3.8) is 0 Å². The molecule has 0 aromatic heterocycles. The maximum atomic E-state index is 11.3. The minimum atomic E-state index is -1.02. The Hall–Kier alpha value is -1.67. The van der Waals surface area contributed by atoms with E-state index in [2.05, 4.69) is 10.9 Å². The van der Waals surface area contributed by atoms with Gasteiger partial charge in [-0.2, -0.15) is 0 Å². The lowest BCUT2D eigenvalue weighted by Crippen LogP contribution is -2.63. The third-order valence-corrected chi connectivity index (χ3v) is 2.41. The third kappa shape index (κ3) is 4.68. The SMILES string of the molecule is CC(=O)NNC(=O)CN1CC(C)(OCC(=O)O)C1. The smallest absolute Gasteiger partial charge is 0.329 e. The number of hydrazine groups is 1. The highest BCUT2D eigenvalue weighted by atomic mass is 16.5. The van der Waals surface area contributed by atoms with E-state index in [0.29, 0.717) is 13.1 Å². The lowest BCUT2D eigenvalue weighted by atomic mass is 9.96. The van der Waals surface area contributed by atoms with Crippen LogP contribution in [0.25, 0.3) is 0 Å². The zero-order valence-corrected chi connectivity index (χ0v) is 10.4. The molecular weight excluding hydrogens is 242 g/mol. The van der Waals surface area contributed by atoms with Gasteiger partial charge in [-0.25, -0.2) is 4.79 Å². The molecule has 3 N–H and O–H groups in total. The lowest BCUT2D eigenvalue weighted by molar-refractivity contribution is -0.166. The van der Waals surface area contributed by atoms with Crippen molar-refractivity contribution < 1.29 is 24.2 Å². The highest BCUT2D eigenvalue weighted by Gasteiger charge is 2.40. The number of hydrogen-bond donors (Lipinski definition) is 3. The van der Waals surface area contributed by atoms with Crippen LogP contribution in [0.5, 0.6) is 0 Å². The second-order valence-corrected chi connectivity index (χ2v) is 4.51. The van der Waals surface area contributed by atoms with E-state index in [-0.39, 0.29) is 25.0 Å². The van der Waals surface area contributed by atoms with Crippen LogP contribution in [0.15, 0.2) is 0 Å². The summed E-state index contributed by atoms with van der Waals surface area (Å²) in [6.07, 6.45) is 0. The predicted octanol–water partition coefficient (Wildman–Crippen LogP) is -1.67. The second-order valence-electron chi connectivity index (χ2n) is 4.51. The molecule has 8 nitrogen and oxygen atoms in total. The maximum Gasteiger partial charge on any atom is 0.329 e. The average Bonchev–Trinajstić information content (AvgIpc) is 2.21. The molecule has 0 radical (unpaired) electrons. The first-order valence-corrected chi connectivity index (χ1v) is 5.44. The standard InChI is InChI=1S/C10H17N3O5/c1-7(14)11-12-8(15)3-13-5-10(2,6-13)18-4-9(16)17/h3-6H2,1-2H3,(H,11,14)(H,12,15)(H,16,17). The minimum absolute atomic E-state index is 0.131. The zero-order chi connectivity index (χ0) is 13.8. The Kier molecular flexibility index (Phi) is 4.62. The lowest BCUT2D eigenvalue weighted by Gasteiger charge is -2.46. The molecule has 0 spiro atoms. The Morgan fingerprint density at radius 1 is 1.33 bits per heavy atom. The summed E-state index contributed by atoms with van der Waals surface area (Å²) in [5.74, 6) is -1.69. The van der Waals surface area contributed by atoms with Gasteiger partial charge < -0.3 is 9.84 Å². The molecule has 102 valence electrons. The number of carboxylic acids is 1. The Bertz CT molecular complexity index is 351. The van der Waals surface area contributed by atoms with Gasteiger partial charge in [-0.1, -0.05) is 0 Å². The maximum absolute atomic E-state index is 11.3. The average molecular weight is 259 g/mol. The first-order chi connectivity index (χ1) is 8.31. The molecule has 0 atom stereocenters. The van der Waals surface area contributed by atoms with Gasteiger partial charge in [0.2, 0.25) is 5.91 Å². The molecule has 1 rings (SSSR count). The number of carbonyl (C=O) groups is 3. The van der Waals surface area contributed by atoms with Gasteiger partial charge in [-0.15, -0.1) is 0 Å². The molecule has 0 unspecified atom stereocenters. The second kappa shape index (κ2) is 5.78. The van der Waals surface area contributed by atoms with Crippen LogP contribution in [0.3, 0.4) is 0 Å². The van der Waals surface area contributed by atoms with E-state index in [1.165, 1.54) is 6.92 Å². The highest BCUT2D eigenvalue weighted by molar-refractivity contribution is 5.82. The van der Waals surface area contributed by atoms with Crippen LogP contribution in [0.2, 0.25) is 0 Å². The monoisotopic (exact) mass is 259 g/mol. The molecule has 2 amide bonds. The van der Waals surface area contributed by atoms with Gasteiger partial charge in [-0.3, -0.25) is 25.3 Å². The van der Waals surface area contributed by atoms with Crippen LogP contribution in [-0.4, -0.2) is 59.6 Å². The molecule has 0 aromatic rings. The molecule has 1 saturated heterocycles. The van der Waals surface area contributed by atoms with Crippen molar-refractivity contribution in [2.75, 3.05) is 26.2 Å². The Balaban J connectivity index is 2.19. The number of carboxylic acid groups (broad SMARTS) is 1. The molecule has 1 heterocycles. The summed E-state index contributed by atoms with van der Waals surface area (Å²) in [5.41, 5.74) is 3.91. The molecule has 18 heavy (non-hydrogen) atoms. The van der Waals surface area contributed by atoms with Crippen LogP contribution < -0.4 is 10.9 Å². The summed E-state index contributed by atoms with van der Waals surface area (Å²) in [7, 11) is 0. The topological polar surface area (TPSA) is 108 Å². The summed E-state index contributed by atoms with van der Waals surface area (Å²) < 4.78 is 5.19. The van der Waals surface area contributed by atoms with Gasteiger partial charge in [0.25, 0.3) is 5.91 Å². The molecule has 8 heteroatoms. The largest absolute Gasteiger partial charge is 0.480 e. The number of likely N-dealkylation sites (tertiary alicyclic amines) is 1. The number of nitrogens with zero attached hydrogens (tertiary/aromatic N) is 1. The number of aliphatic carboxylic acids is 1. The molecule has 0 aromatic carbocycles. The van der Waals surface area contributed by atoms with Gasteiger partial charge in [-0.05, 0) is 6.92 Å². The van der Waals surface area contributed by atoms with Crippen LogP contribution in [-0.2, 0) is 19.1 Å². The fourth-order valence-electron chi connectivity index (χ4n) is 1.74. The summed E-state index contributed by atoms with van der Waals surface area (Å²) in [6, 6.07) is 0. The molecule has 1 aliphatic rings. The summed E-state index contributed by atoms with van der Waals surface area (Å²) in [4.78, 5) is 34.0. The van der Waals surface area contributed by atoms with Gasteiger partial charge >= 0.3 is 5.97 Å². The number of ether oxygens (including phenoxy) is 1. The van der Waals surface area contributed by atoms with Gasteiger partial charge in [0, 0.05) is 20.0 Å². The van der Waals surface area contributed by atoms with Crippen molar-refractivity contribution in [3.05, 3.63) is 0 Å². The van der Waals surface area contributed by atoms with Crippen LogP contribution in [0.4, 0.5) is 0 Å². The minimum Gasteiger partial charge on any atom is -0.480 e. The number of amides is 2. The van der Waals surface area contributed by atoms with E-state index >= 15 is 0 Å². The quantitative estimate of drug-likeness (QED) is 0.509. The summed E-state index contributed by atoms with van der Waals surface area (Å²) >= 11 is 0. The summed E-state index contributed by atoms with van der Waals surface area (Å²) in [5, 5.41) is 8.49. The molecular formula is C10H17N3O5. The molecule has 0 bridgehead atoms. The van der Waals surface area contributed by atoms with Crippen molar-refractivity contribution >= 4 is 17.8 Å². The molecule has 1 fully saturated rings. The number of nitrogens with one attached hydrogen (secondary N) is 2. The van der Waals surface area contributed by atoms with Crippen molar-refractivity contribution in [1.82, 2.24) is 15.8 Å². The summed E-state index contributed by atoms with van der Waals surface area (Å²) in [6.45, 7) is 3.83. The fraction of sp³-hybridized carbons (Fsp3) is 0.700. The van der Waals surface area contributed by atoms with Crippen LogP contribution >= 0.6 is 0 Å². The van der Waals surface area contributed by atoms with Crippen LogP contribution in [0, 0.1) is 0 Å². The van der Waals surface area contributed by atoms with E-state index in [9.17, 15) is 14.4 Å². The predicted molar refractivity (Wildman–Crippen MR) is 60.4 cm³/mol. The Morgan fingerprint density at radius 3 is 2.44 bits per heavy atom. The fourth-order valence-corrected chi connectivity index (χ4v) is 1.74. The van der Waals surface area contributed by atoms with Gasteiger partial charge in [0.1, 0.15) is 6.61 Å². The van der Waals surface area contributed by atoms with E-state index in [1.54, 1.807) is 11.8 Å². The number of carbonyl (C=O) groups excluding carboxylic acids is 2. The number of rotatable bonds is 5. The van der Waals surface area contributed by atoms with Crippen LogP contribution in [0.1, 0.15) is 13.8 Å². The van der Waals surface area contributed by atoms with Crippen molar-refractivity contribution in [2.45, 2.75) is 19.4 Å². The Labute approximate surface area is 104 Å². The van der Waals surface area contributed by atoms with Crippen molar-refractivity contribution in [1.29, 1.82) is 0 Å². The van der Waals surface area contributed by atoms with Gasteiger partial charge in [0.15, 0.2) is 0 Å². The van der Waals surface area contributed by atoms with E-state index in [4.69, 9.17) is 9.84 Å². The third-order valence-electron chi connectivity index (χ3n) is 2.41. The zero-order valence-electron chi connectivity index (χ0n) is 10.4.